The molecule has 0 aromatic heterocycles. The van der Waals surface area contributed by atoms with E-state index in [1.54, 1.807) is 30.5 Å². The minimum Gasteiger partial charge on any atom is -0.493 e. The molecule has 1 aliphatic rings. The number of hydrogen-bond donors (Lipinski definition) is 3. The molecule has 1 heterocycles. The topological polar surface area (TPSA) is 100 Å². The molecule has 0 aliphatic carbocycles. The fourth-order valence-electron chi connectivity index (χ4n) is 2.51. The normalized spacial score (nSPS) is 12.8. The molecule has 2 amide bonds. The predicted octanol–water partition coefficient (Wildman–Crippen LogP) is 1.90. The second-order valence-corrected chi connectivity index (χ2v) is 5.60. The molecule has 0 unspecified atom stereocenters. The molecule has 3 N–H and O–H groups in total. The summed E-state index contributed by atoms with van der Waals surface area (Å²) in [7, 11) is 0. The Hall–Kier alpha value is -3.45. The Morgan fingerprint density at radius 3 is 2.88 bits per heavy atom. The quantitative estimate of drug-likeness (QED) is 0.331. The summed E-state index contributed by atoms with van der Waals surface area (Å²) < 4.78 is 5.45. The fraction of sp³-hybridized carbons (Fsp3) is 0.105. The largest absolute Gasteiger partial charge is 0.493 e. The molecule has 132 valence electrons. The SMILES string of the molecule is O=C(/C=C/c1cccc(C(=O)N/N=C/c2ccc3c(c2)CCO3)c1)NO. The molecule has 2 aromatic rings. The summed E-state index contributed by atoms with van der Waals surface area (Å²) in [6, 6.07) is 12.4. The molecule has 0 bridgehead atoms. The summed E-state index contributed by atoms with van der Waals surface area (Å²) in [5.41, 5.74) is 7.02. The van der Waals surface area contributed by atoms with Crippen molar-refractivity contribution in [2.45, 2.75) is 6.42 Å². The van der Waals surface area contributed by atoms with Crippen LogP contribution in [0.1, 0.15) is 27.0 Å². The number of rotatable bonds is 5. The highest BCUT2D eigenvalue weighted by atomic mass is 16.5. The maximum Gasteiger partial charge on any atom is 0.271 e. The summed E-state index contributed by atoms with van der Waals surface area (Å²) >= 11 is 0. The van der Waals surface area contributed by atoms with Crippen LogP contribution in [0.3, 0.4) is 0 Å². The van der Waals surface area contributed by atoms with E-state index in [2.05, 4.69) is 10.5 Å². The molecule has 0 spiro atoms. The number of nitrogens with zero attached hydrogens (tertiary/aromatic N) is 1. The van der Waals surface area contributed by atoms with E-state index in [4.69, 9.17) is 9.94 Å². The predicted molar refractivity (Wildman–Crippen MR) is 96.1 cm³/mol. The van der Waals surface area contributed by atoms with Crippen LogP contribution in [0, 0.1) is 0 Å². The van der Waals surface area contributed by atoms with Gasteiger partial charge in [0.15, 0.2) is 0 Å². The van der Waals surface area contributed by atoms with Gasteiger partial charge in [0, 0.05) is 18.1 Å². The van der Waals surface area contributed by atoms with Gasteiger partial charge < -0.3 is 4.74 Å². The summed E-state index contributed by atoms with van der Waals surface area (Å²) in [5.74, 6) is -0.122. The Morgan fingerprint density at radius 2 is 2.04 bits per heavy atom. The lowest BCUT2D eigenvalue weighted by Crippen LogP contribution is -2.17. The van der Waals surface area contributed by atoms with E-state index < -0.39 is 5.91 Å². The Bertz CT molecular complexity index is 890. The first-order valence-electron chi connectivity index (χ1n) is 7.97. The molecular formula is C19H17N3O4. The van der Waals surface area contributed by atoms with Crippen LogP contribution in [-0.4, -0.2) is 29.8 Å². The van der Waals surface area contributed by atoms with Crippen LogP contribution in [0.5, 0.6) is 5.75 Å². The molecule has 0 fully saturated rings. The van der Waals surface area contributed by atoms with Crippen LogP contribution in [0.4, 0.5) is 0 Å². The van der Waals surface area contributed by atoms with Gasteiger partial charge in [-0.1, -0.05) is 12.1 Å². The molecule has 7 nitrogen and oxygen atoms in total. The van der Waals surface area contributed by atoms with Gasteiger partial charge in [0.05, 0.1) is 12.8 Å². The van der Waals surface area contributed by atoms with Gasteiger partial charge in [0.25, 0.3) is 11.8 Å². The molecule has 0 saturated heterocycles. The second kappa shape index (κ2) is 8.09. The van der Waals surface area contributed by atoms with Crippen molar-refractivity contribution in [1.29, 1.82) is 0 Å². The summed E-state index contributed by atoms with van der Waals surface area (Å²) in [6.45, 7) is 0.692. The fourth-order valence-corrected chi connectivity index (χ4v) is 2.51. The molecule has 2 aromatic carbocycles. The number of fused-ring (bicyclic) bond motifs is 1. The van der Waals surface area contributed by atoms with Gasteiger partial charge >= 0.3 is 0 Å². The molecule has 0 radical (unpaired) electrons. The third kappa shape index (κ3) is 4.34. The van der Waals surface area contributed by atoms with E-state index in [1.807, 2.05) is 18.2 Å². The van der Waals surface area contributed by atoms with E-state index in [-0.39, 0.29) is 5.91 Å². The van der Waals surface area contributed by atoms with Crippen molar-refractivity contribution in [1.82, 2.24) is 10.9 Å². The van der Waals surface area contributed by atoms with E-state index in [1.165, 1.54) is 11.6 Å². The molecule has 1 aliphatic heterocycles. The molecule has 7 heteroatoms. The number of hydroxylamine groups is 1. The highest BCUT2D eigenvalue weighted by Gasteiger charge is 2.11. The minimum absolute atomic E-state index is 0.368. The van der Waals surface area contributed by atoms with E-state index in [9.17, 15) is 9.59 Å². The molecule has 0 atom stereocenters. The summed E-state index contributed by atoms with van der Waals surface area (Å²) in [6.07, 6.45) is 5.09. The number of nitrogens with one attached hydrogen (secondary N) is 2. The summed E-state index contributed by atoms with van der Waals surface area (Å²) in [5, 5.41) is 12.4. The Labute approximate surface area is 149 Å². The van der Waals surface area contributed by atoms with Crippen molar-refractivity contribution in [3.05, 3.63) is 70.8 Å². The lowest BCUT2D eigenvalue weighted by molar-refractivity contribution is -0.124. The average Bonchev–Trinajstić information content (AvgIpc) is 3.14. The van der Waals surface area contributed by atoms with Crippen molar-refractivity contribution in [3.63, 3.8) is 0 Å². The maximum atomic E-state index is 12.2. The minimum atomic E-state index is -0.649. The van der Waals surface area contributed by atoms with E-state index >= 15 is 0 Å². The van der Waals surface area contributed by atoms with Crippen molar-refractivity contribution in [3.8, 4) is 5.75 Å². The molecule has 3 rings (SSSR count). The number of hydrazone groups is 1. The average molecular weight is 351 g/mol. The smallest absolute Gasteiger partial charge is 0.271 e. The standard InChI is InChI=1S/C19H17N3O4/c23-18(22-25)7-5-13-2-1-3-16(10-13)19(24)21-20-12-14-4-6-17-15(11-14)8-9-26-17/h1-7,10-12,25H,8-9H2,(H,21,24)(H,22,23)/b7-5+,20-12+. The van der Waals surface area contributed by atoms with E-state index in [0.29, 0.717) is 17.7 Å². The highest BCUT2D eigenvalue weighted by Crippen LogP contribution is 2.25. The second-order valence-electron chi connectivity index (χ2n) is 5.60. The van der Waals surface area contributed by atoms with Gasteiger partial charge in [-0.15, -0.1) is 0 Å². The molecule has 0 saturated carbocycles. The van der Waals surface area contributed by atoms with Crippen LogP contribution >= 0.6 is 0 Å². The number of amides is 2. The van der Waals surface area contributed by atoms with Crippen LogP contribution in [0.25, 0.3) is 6.08 Å². The number of hydrogen-bond acceptors (Lipinski definition) is 5. The third-order valence-electron chi connectivity index (χ3n) is 3.78. The monoisotopic (exact) mass is 351 g/mol. The Balaban J connectivity index is 1.63. The Kier molecular flexibility index (Phi) is 5.40. The van der Waals surface area contributed by atoms with Gasteiger partial charge in [0.1, 0.15) is 5.75 Å². The van der Waals surface area contributed by atoms with Gasteiger partial charge in [0.2, 0.25) is 0 Å². The van der Waals surface area contributed by atoms with Gasteiger partial charge in [-0.2, -0.15) is 5.10 Å². The number of benzene rings is 2. The lowest BCUT2D eigenvalue weighted by atomic mass is 10.1. The van der Waals surface area contributed by atoms with Crippen LogP contribution < -0.4 is 15.6 Å². The van der Waals surface area contributed by atoms with Crippen LogP contribution in [-0.2, 0) is 11.2 Å². The number of ether oxygens (including phenoxy) is 1. The third-order valence-corrected chi connectivity index (χ3v) is 3.78. The van der Waals surface area contributed by atoms with E-state index in [0.717, 1.165) is 29.4 Å². The first-order chi connectivity index (χ1) is 12.7. The first-order valence-corrected chi connectivity index (χ1v) is 7.97. The highest BCUT2D eigenvalue weighted by molar-refractivity contribution is 5.96. The molecular weight excluding hydrogens is 334 g/mol. The lowest BCUT2D eigenvalue weighted by Gasteiger charge is -2.02. The van der Waals surface area contributed by atoms with Crippen molar-refractivity contribution in [2.75, 3.05) is 6.61 Å². The molecule has 26 heavy (non-hydrogen) atoms. The Morgan fingerprint density at radius 1 is 1.15 bits per heavy atom. The maximum absolute atomic E-state index is 12.2. The van der Waals surface area contributed by atoms with Gasteiger partial charge in [-0.25, -0.2) is 10.9 Å². The zero-order valence-corrected chi connectivity index (χ0v) is 13.8. The van der Waals surface area contributed by atoms with Crippen molar-refractivity contribution >= 4 is 24.1 Å². The van der Waals surface area contributed by atoms with Crippen LogP contribution in [0.2, 0.25) is 0 Å². The zero-order valence-electron chi connectivity index (χ0n) is 13.8. The van der Waals surface area contributed by atoms with Crippen molar-refractivity contribution in [2.24, 2.45) is 5.10 Å². The van der Waals surface area contributed by atoms with Gasteiger partial charge in [-0.05, 0) is 53.1 Å². The number of carbonyl (C=O) groups is 2. The number of carbonyl (C=O) groups excluding carboxylic acids is 2. The van der Waals surface area contributed by atoms with Crippen LogP contribution in [0.15, 0.2) is 53.6 Å². The van der Waals surface area contributed by atoms with Gasteiger partial charge in [-0.3, -0.25) is 14.8 Å². The van der Waals surface area contributed by atoms with Crippen molar-refractivity contribution < 1.29 is 19.5 Å². The zero-order chi connectivity index (χ0) is 18.4. The summed E-state index contributed by atoms with van der Waals surface area (Å²) in [4.78, 5) is 23.2. The first kappa shape index (κ1) is 17.4.